The smallest absolute Gasteiger partial charge is 0.331 e. The largest absolute Gasteiger partial charge is 0.493 e. The van der Waals surface area contributed by atoms with Crippen LogP contribution in [0.4, 0.5) is 5.69 Å². The number of nitrogens with one attached hydrogen (secondary N) is 1. The molecule has 6 heteroatoms. The maximum atomic E-state index is 12.3. The van der Waals surface area contributed by atoms with Gasteiger partial charge in [-0.15, -0.1) is 0 Å². The lowest BCUT2D eigenvalue weighted by Crippen LogP contribution is -2.21. The van der Waals surface area contributed by atoms with Gasteiger partial charge in [0.25, 0.3) is 5.91 Å². The first-order chi connectivity index (χ1) is 14.9. The summed E-state index contributed by atoms with van der Waals surface area (Å²) in [6, 6.07) is 9.67. The summed E-state index contributed by atoms with van der Waals surface area (Å²) in [6.07, 6.45) is 4.66. The van der Waals surface area contributed by atoms with E-state index < -0.39 is 5.97 Å². The number of anilines is 1. The average Bonchev–Trinajstić information content (AvgIpc) is 3.11. The van der Waals surface area contributed by atoms with Crippen LogP contribution in [0, 0.1) is 6.92 Å². The van der Waals surface area contributed by atoms with E-state index in [0.29, 0.717) is 12.4 Å². The van der Waals surface area contributed by atoms with Gasteiger partial charge >= 0.3 is 5.97 Å². The number of benzene rings is 2. The Bertz CT molecular complexity index is 996. The van der Waals surface area contributed by atoms with Crippen molar-refractivity contribution >= 4 is 23.6 Å². The Kier molecular flexibility index (Phi) is 7.34. The van der Waals surface area contributed by atoms with Crippen molar-refractivity contribution < 1.29 is 23.8 Å². The van der Waals surface area contributed by atoms with Crippen LogP contribution in [0.1, 0.15) is 43.0 Å². The highest BCUT2D eigenvalue weighted by atomic mass is 16.5. The molecule has 0 saturated heterocycles. The monoisotopic (exact) mass is 423 g/mol. The Morgan fingerprint density at radius 3 is 2.81 bits per heavy atom. The fourth-order valence-corrected chi connectivity index (χ4v) is 3.59. The lowest BCUT2D eigenvalue weighted by atomic mass is 10.1. The predicted octanol–water partition coefficient (Wildman–Crippen LogP) is 4.47. The van der Waals surface area contributed by atoms with Gasteiger partial charge in [-0.1, -0.05) is 25.1 Å². The van der Waals surface area contributed by atoms with Gasteiger partial charge in [0.05, 0.1) is 6.61 Å². The first-order valence-electron chi connectivity index (χ1n) is 10.6. The van der Waals surface area contributed by atoms with Crippen molar-refractivity contribution in [3.8, 4) is 11.5 Å². The molecule has 0 radical (unpaired) electrons. The molecule has 1 aliphatic heterocycles. The summed E-state index contributed by atoms with van der Waals surface area (Å²) in [7, 11) is 0. The minimum Gasteiger partial charge on any atom is -0.493 e. The molecule has 2 aromatic carbocycles. The Morgan fingerprint density at radius 2 is 2.06 bits per heavy atom. The van der Waals surface area contributed by atoms with Crippen LogP contribution in [-0.2, 0) is 27.2 Å². The Balaban J connectivity index is 1.61. The maximum absolute atomic E-state index is 12.3. The molecule has 31 heavy (non-hydrogen) atoms. The van der Waals surface area contributed by atoms with E-state index in [4.69, 9.17) is 14.2 Å². The number of hydrogen-bond donors (Lipinski definition) is 1. The zero-order chi connectivity index (χ0) is 22.4. The summed E-state index contributed by atoms with van der Waals surface area (Å²) >= 11 is 0. The zero-order valence-electron chi connectivity index (χ0n) is 18.5. The highest BCUT2D eigenvalue weighted by molar-refractivity contribution is 5.95. The van der Waals surface area contributed by atoms with Crippen LogP contribution in [0.15, 0.2) is 36.4 Å². The predicted molar refractivity (Wildman–Crippen MR) is 121 cm³/mol. The number of amides is 1. The van der Waals surface area contributed by atoms with Crippen LogP contribution in [0.25, 0.3) is 6.08 Å². The second kappa shape index (κ2) is 10.2. The first kappa shape index (κ1) is 22.4. The van der Waals surface area contributed by atoms with Gasteiger partial charge < -0.3 is 19.5 Å². The summed E-state index contributed by atoms with van der Waals surface area (Å²) in [5.74, 6) is 0.509. The van der Waals surface area contributed by atoms with Gasteiger partial charge in [-0.25, -0.2) is 4.79 Å². The number of fused-ring (bicyclic) bond motifs is 1. The molecule has 1 heterocycles. The summed E-state index contributed by atoms with van der Waals surface area (Å²) in [5.41, 5.74) is 4.60. The van der Waals surface area contributed by atoms with Crippen molar-refractivity contribution in [2.75, 3.05) is 18.5 Å². The summed E-state index contributed by atoms with van der Waals surface area (Å²) in [5, 5.41) is 2.84. The topological polar surface area (TPSA) is 73.9 Å². The van der Waals surface area contributed by atoms with E-state index in [1.807, 2.05) is 58.0 Å². The van der Waals surface area contributed by atoms with Crippen LogP contribution < -0.4 is 14.8 Å². The molecule has 0 bridgehead atoms. The fourth-order valence-electron chi connectivity index (χ4n) is 3.59. The minimum atomic E-state index is -0.604. The zero-order valence-corrected chi connectivity index (χ0v) is 18.5. The quantitative estimate of drug-likeness (QED) is 0.501. The second-order valence-electron chi connectivity index (χ2n) is 7.52. The van der Waals surface area contributed by atoms with Gasteiger partial charge in [0.2, 0.25) is 0 Å². The van der Waals surface area contributed by atoms with E-state index in [-0.39, 0.29) is 18.6 Å². The van der Waals surface area contributed by atoms with Crippen LogP contribution in [0.2, 0.25) is 0 Å². The fraction of sp³-hybridized carbons (Fsp3) is 0.360. The number of aryl methyl sites for hydroxylation is 2. The lowest BCUT2D eigenvalue weighted by molar-refractivity contribution is -0.142. The molecule has 0 fully saturated rings. The molecule has 1 atom stereocenters. The second-order valence-corrected chi connectivity index (χ2v) is 7.52. The number of hydrogen-bond acceptors (Lipinski definition) is 5. The van der Waals surface area contributed by atoms with Crippen molar-refractivity contribution in [2.24, 2.45) is 0 Å². The molecule has 2 aromatic rings. The molecule has 3 rings (SSSR count). The van der Waals surface area contributed by atoms with Gasteiger partial charge in [0.1, 0.15) is 17.6 Å². The van der Waals surface area contributed by atoms with E-state index in [0.717, 1.165) is 46.5 Å². The Hall–Kier alpha value is -3.28. The van der Waals surface area contributed by atoms with Crippen LogP contribution in [0.5, 0.6) is 11.5 Å². The lowest BCUT2D eigenvalue weighted by Gasteiger charge is -2.12. The highest BCUT2D eigenvalue weighted by Gasteiger charge is 2.21. The van der Waals surface area contributed by atoms with E-state index in [1.54, 1.807) is 6.08 Å². The number of carbonyl (C=O) groups is 2. The molecule has 6 nitrogen and oxygen atoms in total. The minimum absolute atomic E-state index is 0.119. The third kappa shape index (κ3) is 5.66. The van der Waals surface area contributed by atoms with Crippen molar-refractivity contribution in [2.45, 2.75) is 46.6 Å². The third-order valence-electron chi connectivity index (χ3n) is 5.08. The van der Waals surface area contributed by atoms with Crippen molar-refractivity contribution in [3.63, 3.8) is 0 Å². The van der Waals surface area contributed by atoms with Gasteiger partial charge in [0.15, 0.2) is 6.61 Å². The average molecular weight is 424 g/mol. The molecule has 0 spiro atoms. The molecule has 0 unspecified atom stereocenters. The number of rotatable bonds is 8. The summed E-state index contributed by atoms with van der Waals surface area (Å²) in [4.78, 5) is 24.4. The van der Waals surface area contributed by atoms with Crippen molar-refractivity contribution in [3.05, 3.63) is 58.7 Å². The third-order valence-corrected chi connectivity index (χ3v) is 5.08. The summed E-state index contributed by atoms with van der Waals surface area (Å²) in [6.45, 7) is 8.03. The molecule has 0 aliphatic carbocycles. The van der Waals surface area contributed by atoms with E-state index >= 15 is 0 Å². The number of para-hydroxylation sites is 1. The number of esters is 1. The normalized spacial score (nSPS) is 14.8. The highest BCUT2D eigenvalue weighted by Crippen LogP contribution is 2.35. The van der Waals surface area contributed by atoms with E-state index in [2.05, 4.69) is 5.32 Å². The van der Waals surface area contributed by atoms with Gasteiger partial charge in [-0.2, -0.15) is 0 Å². The van der Waals surface area contributed by atoms with Gasteiger partial charge in [-0.3, -0.25) is 4.79 Å². The molecule has 164 valence electrons. The van der Waals surface area contributed by atoms with Crippen LogP contribution in [0.3, 0.4) is 0 Å². The summed E-state index contributed by atoms with van der Waals surface area (Å²) < 4.78 is 16.6. The Morgan fingerprint density at radius 1 is 1.26 bits per heavy atom. The number of ether oxygens (including phenoxy) is 3. The molecule has 1 aliphatic rings. The molecular weight excluding hydrogens is 394 g/mol. The molecule has 0 saturated carbocycles. The Labute approximate surface area is 183 Å². The van der Waals surface area contributed by atoms with Crippen LogP contribution >= 0.6 is 0 Å². The maximum Gasteiger partial charge on any atom is 0.331 e. The first-order valence-corrected chi connectivity index (χ1v) is 10.6. The van der Waals surface area contributed by atoms with Crippen molar-refractivity contribution in [1.29, 1.82) is 0 Å². The van der Waals surface area contributed by atoms with Crippen LogP contribution in [-0.4, -0.2) is 31.2 Å². The number of carbonyl (C=O) groups excluding carboxylic acids is 2. The van der Waals surface area contributed by atoms with Gasteiger partial charge in [0, 0.05) is 29.3 Å². The van der Waals surface area contributed by atoms with Crippen molar-refractivity contribution in [1.82, 2.24) is 0 Å². The standard InChI is InChI=1S/C25H29NO5/c1-5-18-9-7-8-16(3)25(18)26-23(27)15-30-24(28)11-10-19-13-22-20(12-17(4)31-22)14-21(19)29-6-2/h7-11,13-14,17H,5-6,12,15H2,1-4H3,(H,26,27)/b11-10+/t17-/m0/s1. The molecule has 1 amide bonds. The molecule has 1 N–H and O–H groups in total. The SMILES string of the molecule is CCOc1cc2c(cc1/C=C/C(=O)OCC(=O)Nc1c(C)cccc1CC)O[C@@H](C)C2. The van der Waals surface area contributed by atoms with E-state index in [1.165, 1.54) is 6.08 Å². The molecule has 0 aromatic heterocycles. The molecular formula is C25H29NO5. The van der Waals surface area contributed by atoms with E-state index in [9.17, 15) is 9.59 Å². The van der Waals surface area contributed by atoms with Gasteiger partial charge in [-0.05, 0) is 56.5 Å².